The van der Waals surface area contributed by atoms with Crippen molar-refractivity contribution in [2.24, 2.45) is 5.92 Å². The van der Waals surface area contributed by atoms with Crippen LogP contribution in [0.4, 0.5) is 13.2 Å². The lowest BCUT2D eigenvalue weighted by molar-refractivity contribution is -0.137. The number of rotatable bonds is 8. The third-order valence-corrected chi connectivity index (χ3v) is 6.77. The van der Waals surface area contributed by atoms with E-state index in [1.165, 1.54) is 30.6 Å². The normalized spacial score (nSPS) is 13.7. The molecule has 2 heterocycles. The van der Waals surface area contributed by atoms with Crippen molar-refractivity contribution in [1.82, 2.24) is 15.1 Å². The van der Waals surface area contributed by atoms with E-state index < -0.39 is 17.5 Å². The van der Waals surface area contributed by atoms with Crippen LogP contribution in [-0.4, -0.2) is 22.2 Å². The minimum atomic E-state index is -4.38. The van der Waals surface area contributed by atoms with E-state index >= 15 is 0 Å². The zero-order valence-corrected chi connectivity index (χ0v) is 19.3. The van der Waals surface area contributed by atoms with Crippen LogP contribution in [0.2, 0.25) is 0 Å². The molecule has 4 aromatic rings. The Balaban J connectivity index is 1.37. The maximum atomic E-state index is 12.9. The van der Waals surface area contributed by atoms with Crippen LogP contribution in [0.5, 0.6) is 11.5 Å². The van der Waals surface area contributed by atoms with E-state index in [1.807, 2.05) is 0 Å². The highest BCUT2D eigenvalue weighted by molar-refractivity contribution is 7.15. The van der Waals surface area contributed by atoms with Crippen molar-refractivity contribution in [1.29, 1.82) is 0 Å². The van der Waals surface area contributed by atoms with Crippen molar-refractivity contribution >= 4 is 11.3 Å². The summed E-state index contributed by atoms with van der Waals surface area (Å²) in [6.45, 7) is 0.254. The van der Waals surface area contributed by atoms with Gasteiger partial charge in [-0.1, -0.05) is 17.3 Å². The van der Waals surface area contributed by atoms with Gasteiger partial charge in [-0.25, -0.2) is 9.78 Å². The van der Waals surface area contributed by atoms with Gasteiger partial charge in [0.05, 0.1) is 28.8 Å². The van der Waals surface area contributed by atoms with Crippen LogP contribution in [-0.2, 0) is 19.2 Å². The van der Waals surface area contributed by atoms with Crippen molar-refractivity contribution < 1.29 is 27.2 Å². The number of methoxy groups -OCH3 is 1. The van der Waals surface area contributed by atoms with Gasteiger partial charge in [0.15, 0.2) is 5.82 Å². The number of alkyl halides is 3. The molecule has 182 valence electrons. The van der Waals surface area contributed by atoms with Gasteiger partial charge in [-0.2, -0.15) is 13.2 Å². The smallest absolute Gasteiger partial charge is 0.439 e. The molecule has 0 spiro atoms. The quantitative estimate of drug-likeness (QED) is 0.331. The average Bonchev–Trinajstić information content (AvgIpc) is 3.41. The van der Waals surface area contributed by atoms with Gasteiger partial charge < -0.3 is 9.47 Å². The van der Waals surface area contributed by atoms with Crippen LogP contribution in [0.25, 0.3) is 22.0 Å². The van der Waals surface area contributed by atoms with Gasteiger partial charge in [0.2, 0.25) is 0 Å². The fraction of sp³-hybridized carbons (Fsp3) is 0.292. The molecule has 11 heteroatoms. The molecular formula is C24H20F3N3O4S. The van der Waals surface area contributed by atoms with E-state index in [0.29, 0.717) is 33.6 Å². The summed E-state index contributed by atoms with van der Waals surface area (Å²) in [6, 6.07) is 10.2. The van der Waals surface area contributed by atoms with Crippen molar-refractivity contribution in [2.75, 3.05) is 7.11 Å². The Bertz CT molecular complexity index is 1390. The Morgan fingerprint density at radius 1 is 1.17 bits per heavy atom. The second kappa shape index (κ2) is 9.21. The van der Waals surface area contributed by atoms with E-state index in [2.05, 4.69) is 14.7 Å². The first-order valence-electron chi connectivity index (χ1n) is 10.8. The van der Waals surface area contributed by atoms with Crippen LogP contribution in [0.3, 0.4) is 0 Å². The minimum Gasteiger partial charge on any atom is -0.496 e. The predicted octanol–water partition coefficient (Wildman–Crippen LogP) is 5.71. The molecule has 2 aromatic heterocycles. The lowest BCUT2D eigenvalue weighted by Gasteiger charge is -2.10. The lowest BCUT2D eigenvalue weighted by Crippen LogP contribution is -2.03. The molecule has 0 aliphatic heterocycles. The maximum Gasteiger partial charge on any atom is 0.439 e. The van der Waals surface area contributed by atoms with Crippen molar-refractivity contribution in [3.63, 3.8) is 0 Å². The molecule has 0 amide bonds. The molecule has 0 saturated heterocycles. The van der Waals surface area contributed by atoms with Gasteiger partial charge in [0.25, 0.3) is 0 Å². The largest absolute Gasteiger partial charge is 0.496 e. The highest BCUT2D eigenvalue weighted by Crippen LogP contribution is 2.38. The summed E-state index contributed by atoms with van der Waals surface area (Å²) in [5, 5.41) is 4.34. The van der Waals surface area contributed by atoms with Gasteiger partial charge in [0, 0.05) is 11.6 Å². The number of aromatic amines is 1. The molecule has 5 rings (SSSR count). The van der Waals surface area contributed by atoms with Crippen LogP contribution < -0.4 is 15.2 Å². The van der Waals surface area contributed by atoms with E-state index in [9.17, 15) is 18.0 Å². The minimum absolute atomic E-state index is 0.244. The predicted molar refractivity (Wildman–Crippen MR) is 122 cm³/mol. The number of nitrogens with one attached hydrogen (secondary N) is 1. The summed E-state index contributed by atoms with van der Waals surface area (Å²) in [5.41, 5.74) is 1.41. The Labute approximate surface area is 201 Å². The molecule has 0 radical (unpaired) electrons. The number of nitrogens with zero attached hydrogens (tertiary/aromatic N) is 2. The SMILES string of the molecule is COc1cc(OCc2sc(-c3ccc(C(F)(F)F)cc3)nc2CC2CC2)ccc1-c1noc(=O)[nH]1. The van der Waals surface area contributed by atoms with Crippen LogP contribution in [0.1, 0.15) is 29.0 Å². The third kappa shape index (κ3) is 5.24. The molecule has 1 saturated carbocycles. The summed E-state index contributed by atoms with van der Waals surface area (Å²) >= 11 is 1.42. The van der Waals surface area contributed by atoms with Gasteiger partial charge in [0.1, 0.15) is 23.1 Å². The molecule has 7 nitrogen and oxygen atoms in total. The molecule has 0 atom stereocenters. The molecule has 1 aliphatic rings. The fourth-order valence-corrected chi connectivity index (χ4v) is 4.64. The molecule has 2 aromatic carbocycles. The van der Waals surface area contributed by atoms with E-state index in [0.717, 1.165) is 42.0 Å². The van der Waals surface area contributed by atoms with Crippen molar-refractivity contribution in [2.45, 2.75) is 32.0 Å². The Morgan fingerprint density at radius 3 is 2.57 bits per heavy atom. The number of halogens is 3. The fourth-order valence-electron chi connectivity index (χ4n) is 3.63. The number of benzene rings is 2. The molecular weight excluding hydrogens is 483 g/mol. The molecule has 35 heavy (non-hydrogen) atoms. The van der Waals surface area contributed by atoms with Crippen LogP contribution in [0.15, 0.2) is 51.8 Å². The molecule has 0 bridgehead atoms. The highest BCUT2D eigenvalue weighted by atomic mass is 32.1. The van der Waals surface area contributed by atoms with Crippen LogP contribution in [0, 0.1) is 5.92 Å². The summed E-state index contributed by atoms with van der Waals surface area (Å²) < 4.78 is 54.7. The Hall–Kier alpha value is -3.60. The summed E-state index contributed by atoms with van der Waals surface area (Å²) in [7, 11) is 1.49. The summed E-state index contributed by atoms with van der Waals surface area (Å²) in [5.74, 6) is 1.15. The highest BCUT2D eigenvalue weighted by Gasteiger charge is 2.30. The zero-order chi connectivity index (χ0) is 24.6. The van der Waals surface area contributed by atoms with Crippen molar-refractivity contribution in [3.05, 3.63) is 69.1 Å². The summed E-state index contributed by atoms with van der Waals surface area (Å²) in [4.78, 5) is 19.4. The maximum absolute atomic E-state index is 12.9. The van der Waals surface area contributed by atoms with Gasteiger partial charge in [-0.15, -0.1) is 11.3 Å². The monoisotopic (exact) mass is 503 g/mol. The first-order chi connectivity index (χ1) is 16.8. The van der Waals surface area contributed by atoms with Gasteiger partial charge in [-0.05, 0) is 49.4 Å². The molecule has 0 unspecified atom stereocenters. The molecule has 1 fully saturated rings. The number of ether oxygens (including phenoxy) is 2. The first kappa shape index (κ1) is 23.2. The third-order valence-electron chi connectivity index (χ3n) is 5.65. The molecule has 1 N–H and O–H groups in total. The van der Waals surface area contributed by atoms with E-state index in [4.69, 9.17) is 14.5 Å². The van der Waals surface area contributed by atoms with E-state index in [1.54, 1.807) is 18.2 Å². The average molecular weight is 504 g/mol. The number of thiazole rings is 1. The summed E-state index contributed by atoms with van der Waals surface area (Å²) in [6.07, 6.45) is -1.26. The van der Waals surface area contributed by atoms with Crippen LogP contribution >= 0.6 is 11.3 Å². The van der Waals surface area contributed by atoms with Gasteiger partial charge >= 0.3 is 11.9 Å². The number of aromatic nitrogens is 3. The second-order valence-electron chi connectivity index (χ2n) is 8.21. The second-order valence-corrected chi connectivity index (χ2v) is 9.29. The topological polar surface area (TPSA) is 90.2 Å². The first-order valence-corrected chi connectivity index (χ1v) is 11.6. The lowest BCUT2D eigenvalue weighted by atomic mass is 10.1. The van der Waals surface area contributed by atoms with E-state index in [-0.39, 0.29) is 12.4 Å². The number of hydrogen-bond acceptors (Lipinski definition) is 7. The standard InChI is InChI=1S/C24H20F3N3O4S/c1-32-19-11-16(8-9-17(19)21-29-23(31)34-30-21)33-12-20-18(10-13-2-3-13)28-22(35-20)14-4-6-15(7-5-14)24(25,26)27/h4-9,11,13H,2-3,10,12H2,1H3,(H,29,30,31). The number of hydrogen-bond donors (Lipinski definition) is 1. The van der Waals surface area contributed by atoms with Crippen molar-refractivity contribution in [3.8, 4) is 33.5 Å². The zero-order valence-electron chi connectivity index (χ0n) is 18.5. The Kier molecular flexibility index (Phi) is 6.10. The number of H-pyrrole nitrogens is 1. The molecule has 1 aliphatic carbocycles. The Morgan fingerprint density at radius 2 is 1.94 bits per heavy atom. The van der Waals surface area contributed by atoms with Gasteiger partial charge in [-0.3, -0.25) is 9.51 Å².